The maximum absolute atomic E-state index is 11.7. The van der Waals surface area contributed by atoms with Crippen molar-refractivity contribution in [2.45, 2.75) is 13.3 Å². The van der Waals surface area contributed by atoms with Crippen molar-refractivity contribution < 1.29 is 22.7 Å². The molecule has 0 aromatic carbocycles. The fraction of sp³-hybridized carbons (Fsp3) is 0.571. The van der Waals surface area contributed by atoms with Crippen molar-refractivity contribution in [3.63, 3.8) is 0 Å². The molecule has 0 radical (unpaired) electrons. The van der Waals surface area contributed by atoms with E-state index in [1.807, 2.05) is 0 Å². The molecule has 0 saturated heterocycles. The van der Waals surface area contributed by atoms with Crippen molar-refractivity contribution in [3.05, 3.63) is 11.7 Å². The van der Waals surface area contributed by atoms with Gasteiger partial charge in [0.15, 0.2) is 0 Å². The first-order chi connectivity index (χ1) is 5.63. The van der Waals surface area contributed by atoms with E-state index in [2.05, 4.69) is 4.74 Å². The average Bonchev–Trinajstić information content (AvgIpc) is 2.01. The van der Waals surface area contributed by atoms with Crippen LogP contribution < -0.4 is 0 Å². The topological polar surface area (TPSA) is 26.3 Å². The second kappa shape index (κ2) is 5.62. The zero-order valence-electron chi connectivity index (χ0n) is 6.57. The third-order valence-corrected chi connectivity index (χ3v) is 1.05. The summed E-state index contributed by atoms with van der Waals surface area (Å²) in [4.78, 5) is 10.6. The Hall–Kier alpha value is -1.00. The minimum Gasteiger partial charge on any atom is -0.462 e. The molecular weight excluding hydrogens is 173 g/mol. The van der Waals surface area contributed by atoms with Gasteiger partial charge in [0.2, 0.25) is 0 Å². The summed E-state index contributed by atoms with van der Waals surface area (Å²) in [5.41, 5.74) is -1.19. The number of halogens is 3. The van der Waals surface area contributed by atoms with Crippen LogP contribution in [0.25, 0.3) is 0 Å². The predicted octanol–water partition coefficient (Wildman–Crippen LogP) is 2.06. The van der Waals surface area contributed by atoms with E-state index >= 15 is 0 Å². The fourth-order valence-corrected chi connectivity index (χ4v) is 0.464. The summed E-state index contributed by atoms with van der Waals surface area (Å²) < 4.78 is 39.5. The lowest BCUT2D eigenvalue weighted by atomic mass is 10.3. The zero-order chi connectivity index (χ0) is 9.56. The molecule has 5 heteroatoms. The molecule has 0 aliphatic heterocycles. The minimum atomic E-state index is -2.32. The lowest BCUT2D eigenvalue weighted by Crippen LogP contribution is -2.10. The zero-order valence-corrected chi connectivity index (χ0v) is 6.57. The van der Waals surface area contributed by atoms with Crippen molar-refractivity contribution in [1.29, 1.82) is 0 Å². The van der Waals surface area contributed by atoms with Gasteiger partial charge in [0.1, 0.15) is 12.2 Å². The second-order valence-corrected chi connectivity index (χ2v) is 2.01. The number of carbonyl (C=O) groups excluding carboxylic acids is 1. The molecule has 0 rings (SSSR count). The van der Waals surface area contributed by atoms with Crippen molar-refractivity contribution >= 4 is 5.97 Å². The fourth-order valence-electron chi connectivity index (χ4n) is 0.464. The summed E-state index contributed by atoms with van der Waals surface area (Å²) >= 11 is 0. The summed E-state index contributed by atoms with van der Waals surface area (Å²) in [6.45, 7) is 0.235. The maximum Gasteiger partial charge on any atom is 0.342 e. The smallest absolute Gasteiger partial charge is 0.342 e. The Morgan fingerprint density at radius 2 is 2.00 bits per heavy atom. The molecule has 70 valence electrons. The quantitative estimate of drug-likeness (QED) is 0.491. The molecule has 0 aromatic heterocycles. The molecule has 0 N–H and O–H groups in total. The van der Waals surface area contributed by atoms with Crippen molar-refractivity contribution in [2.75, 3.05) is 13.3 Å². The Labute approximate surface area is 68.0 Å². The Kier molecular flexibility index (Phi) is 5.16. The number of hydrogen-bond acceptors (Lipinski definition) is 2. The van der Waals surface area contributed by atoms with E-state index in [9.17, 15) is 18.0 Å². The van der Waals surface area contributed by atoms with Crippen LogP contribution in [-0.2, 0) is 9.53 Å². The molecule has 0 aromatic rings. The highest BCUT2D eigenvalue weighted by Crippen LogP contribution is 2.10. The van der Waals surface area contributed by atoms with Gasteiger partial charge in [-0.15, -0.1) is 0 Å². The number of alkyl halides is 1. The van der Waals surface area contributed by atoms with Crippen LogP contribution in [0.5, 0.6) is 0 Å². The minimum absolute atomic E-state index is 0.0234. The molecular formula is C7H9F3O2. The highest BCUT2D eigenvalue weighted by molar-refractivity contribution is 5.88. The van der Waals surface area contributed by atoms with E-state index in [4.69, 9.17) is 0 Å². The Morgan fingerprint density at radius 3 is 2.33 bits per heavy atom. The third-order valence-electron chi connectivity index (χ3n) is 1.05. The number of rotatable bonds is 4. The molecule has 0 amide bonds. The molecule has 0 unspecified atom stereocenters. The summed E-state index contributed by atoms with van der Waals surface area (Å²) in [6.07, 6.45) is -1.81. The Morgan fingerprint density at radius 1 is 1.42 bits per heavy atom. The van der Waals surface area contributed by atoms with Gasteiger partial charge in [-0.1, -0.05) is 6.92 Å². The first-order valence-electron chi connectivity index (χ1n) is 3.40. The molecule has 0 aliphatic rings. The monoisotopic (exact) mass is 182 g/mol. The van der Waals surface area contributed by atoms with Gasteiger partial charge in [-0.25, -0.2) is 9.18 Å². The Balaban J connectivity index is 4.15. The number of esters is 1. The van der Waals surface area contributed by atoms with Crippen LogP contribution in [0.4, 0.5) is 13.2 Å². The van der Waals surface area contributed by atoms with Gasteiger partial charge in [0.25, 0.3) is 6.08 Å². The molecule has 0 bridgehead atoms. The van der Waals surface area contributed by atoms with Crippen molar-refractivity contribution in [2.24, 2.45) is 0 Å². The molecule has 0 fully saturated rings. The van der Waals surface area contributed by atoms with Crippen molar-refractivity contribution in [1.82, 2.24) is 0 Å². The predicted molar refractivity (Wildman–Crippen MR) is 36.5 cm³/mol. The van der Waals surface area contributed by atoms with E-state index in [0.717, 1.165) is 0 Å². The number of hydrogen-bond donors (Lipinski definition) is 0. The van der Waals surface area contributed by atoms with Gasteiger partial charge in [-0.3, -0.25) is 0 Å². The number of ether oxygens (including phenoxy) is 1. The van der Waals surface area contributed by atoms with Gasteiger partial charge >= 0.3 is 5.97 Å². The van der Waals surface area contributed by atoms with Crippen LogP contribution in [0.1, 0.15) is 13.3 Å². The lowest BCUT2D eigenvalue weighted by Gasteiger charge is -2.01. The van der Waals surface area contributed by atoms with E-state index in [0.29, 0.717) is 6.42 Å². The normalized spacial score (nSPS) is 9.33. The third kappa shape index (κ3) is 3.41. The molecule has 2 nitrogen and oxygen atoms in total. The van der Waals surface area contributed by atoms with Crippen LogP contribution >= 0.6 is 0 Å². The van der Waals surface area contributed by atoms with Gasteiger partial charge in [0, 0.05) is 0 Å². The first-order valence-corrected chi connectivity index (χ1v) is 3.40. The van der Waals surface area contributed by atoms with E-state index in [1.165, 1.54) is 0 Å². The van der Waals surface area contributed by atoms with Gasteiger partial charge in [0.05, 0.1) is 6.61 Å². The summed E-state index contributed by atoms with van der Waals surface area (Å²) in [6, 6.07) is 0. The molecule has 0 atom stereocenters. The average molecular weight is 182 g/mol. The van der Waals surface area contributed by atoms with Gasteiger partial charge < -0.3 is 4.74 Å². The largest absolute Gasteiger partial charge is 0.462 e. The highest BCUT2D eigenvalue weighted by atomic mass is 19.3. The van der Waals surface area contributed by atoms with Crippen LogP contribution in [0.3, 0.4) is 0 Å². The van der Waals surface area contributed by atoms with Crippen LogP contribution in [-0.4, -0.2) is 19.3 Å². The highest BCUT2D eigenvalue weighted by Gasteiger charge is 2.16. The summed E-state index contributed by atoms with van der Waals surface area (Å²) in [5.74, 6) is -1.28. The molecule has 12 heavy (non-hydrogen) atoms. The van der Waals surface area contributed by atoms with E-state index in [1.54, 1.807) is 6.92 Å². The maximum atomic E-state index is 11.7. The first kappa shape index (κ1) is 11.0. The van der Waals surface area contributed by atoms with Crippen molar-refractivity contribution in [3.8, 4) is 0 Å². The molecule has 0 aliphatic carbocycles. The number of carbonyl (C=O) groups is 1. The van der Waals surface area contributed by atoms with E-state index < -0.39 is 24.3 Å². The van der Waals surface area contributed by atoms with E-state index in [-0.39, 0.29) is 6.61 Å². The van der Waals surface area contributed by atoms with Gasteiger partial charge in [-0.05, 0) is 6.42 Å². The van der Waals surface area contributed by atoms with Crippen LogP contribution in [0.15, 0.2) is 11.7 Å². The van der Waals surface area contributed by atoms with Gasteiger partial charge in [-0.2, -0.15) is 8.78 Å². The molecule has 0 saturated carbocycles. The SMILES string of the molecule is CCCOC(=O)C(CF)=C(F)F. The van der Waals surface area contributed by atoms with Crippen LogP contribution in [0, 0.1) is 0 Å². The van der Waals surface area contributed by atoms with Crippen LogP contribution in [0.2, 0.25) is 0 Å². The lowest BCUT2D eigenvalue weighted by molar-refractivity contribution is -0.139. The second-order valence-electron chi connectivity index (χ2n) is 2.01. The standard InChI is InChI=1S/C7H9F3O2/c1-2-3-12-7(11)5(4-8)6(9)10/h2-4H2,1H3. The molecule has 0 heterocycles. The summed E-state index contributed by atoms with van der Waals surface area (Å²) in [7, 11) is 0. The summed E-state index contributed by atoms with van der Waals surface area (Å²) in [5, 5.41) is 0. The molecule has 0 spiro atoms. The Bertz CT molecular complexity index is 185.